The van der Waals surface area contributed by atoms with E-state index in [-0.39, 0.29) is 12.6 Å². The number of methoxy groups -OCH3 is 1. The van der Waals surface area contributed by atoms with Gasteiger partial charge in [0.25, 0.3) is 0 Å². The zero-order chi connectivity index (χ0) is 21.8. The minimum Gasteiger partial charge on any atom is -0.496 e. The van der Waals surface area contributed by atoms with Crippen LogP contribution < -0.4 is 10.1 Å². The van der Waals surface area contributed by atoms with Gasteiger partial charge in [-0.25, -0.2) is 4.79 Å². The first-order valence-electron chi connectivity index (χ1n) is 9.69. The predicted molar refractivity (Wildman–Crippen MR) is 115 cm³/mol. The lowest BCUT2D eigenvalue weighted by atomic mass is 9.98. The summed E-state index contributed by atoms with van der Waals surface area (Å²) in [4.78, 5) is 12.3. The molecule has 3 aromatic rings. The van der Waals surface area contributed by atoms with Gasteiger partial charge in [0.05, 0.1) is 37.1 Å². The molecular weight excluding hydrogens is 380 g/mol. The smallest absolute Gasteiger partial charge is 0.341 e. The van der Waals surface area contributed by atoms with E-state index in [4.69, 9.17) is 9.47 Å². The van der Waals surface area contributed by atoms with Crippen molar-refractivity contribution < 1.29 is 14.3 Å². The van der Waals surface area contributed by atoms with E-state index in [1.165, 1.54) is 7.11 Å². The van der Waals surface area contributed by atoms with E-state index in [1.54, 1.807) is 25.1 Å². The molecule has 30 heavy (non-hydrogen) atoms. The van der Waals surface area contributed by atoms with E-state index < -0.39 is 5.97 Å². The quantitative estimate of drug-likeness (QED) is 0.605. The van der Waals surface area contributed by atoms with Gasteiger partial charge >= 0.3 is 5.97 Å². The molecule has 0 aliphatic carbocycles. The molecule has 0 aliphatic rings. The molecule has 0 fully saturated rings. The Morgan fingerprint density at radius 1 is 1.23 bits per heavy atom. The maximum absolute atomic E-state index is 12.3. The molecule has 0 saturated heterocycles. The van der Waals surface area contributed by atoms with Crippen LogP contribution in [0.5, 0.6) is 5.75 Å². The molecule has 1 aromatic heterocycles. The van der Waals surface area contributed by atoms with E-state index in [0.29, 0.717) is 28.4 Å². The first-order valence-corrected chi connectivity index (χ1v) is 9.69. The van der Waals surface area contributed by atoms with Gasteiger partial charge in [0, 0.05) is 10.8 Å². The number of fused-ring (bicyclic) bond motifs is 1. The number of nitrogens with zero attached hydrogens (tertiary/aromatic N) is 3. The third-order valence-electron chi connectivity index (χ3n) is 5.10. The van der Waals surface area contributed by atoms with Crippen LogP contribution in [0.3, 0.4) is 0 Å². The Bertz CT molecular complexity index is 1150. The Balaban J connectivity index is 2.08. The second-order valence-corrected chi connectivity index (χ2v) is 6.95. The second-order valence-electron chi connectivity index (χ2n) is 6.95. The number of ether oxygens (including phenoxy) is 2. The largest absolute Gasteiger partial charge is 0.496 e. The second kappa shape index (κ2) is 8.78. The summed E-state index contributed by atoms with van der Waals surface area (Å²) in [6, 6.07) is 11.3. The molecule has 154 valence electrons. The number of carbonyl (C=O) groups is 1. The standard InChI is InChI=1S/C23H24N4O3/c1-6-30-23(28)20-10-18-15(4)26-27-22(19(18)11-21(20)29-5)25-14(3)17-9-7-8-16(12-24)13(17)2/h7-11,14H,6H2,1-5H3,(H,25,27)/t14-/m1/s1. The molecule has 0 spiro atoms. The number of nitrogens with one attached hydrogen (secondary N) is 1. The van der Waals surface area contributed by atoms with Gasteiger partial charge in [0.2, 0.25) is 0 Å². The number of hydrogen-bond donors (Lipinski definition) is 1. The molecule has 0 radical (unpaired) electrons. The van der Waals surface area contributed by atoms with E-state index in [9.17, 15) is 10.1 Å². The van der Waals surface area contributed by atoms with Gasteiger partial charge in [0.15, 0.2) is 5.82 Å². The van der Waals surface area contributed by atoms with Gasteiger partial charge in [-0.05, 0) is 57.0 Å². The Morgan fingerprint density at radius 3 is 2.67 bits per heavy atom. The van der Waals surface area contributed by atoms with Crippen LogP contribution >= 0.6 is 0 Å². The third kappa shape index (κ3) is 3.90. The monoisotopic (exact) mass is 404 g/mol. The molecule has 1 N–H and O–H groups in total. The third-order valence-corrected chi connectivity index (χ3v) is 5.10. The van der Waals surface area contributed by atoms with E-state index in [2.05, 4.69) is 21.6 Å². The van der Waals surface area contributed by atoms with Crippen LogP contribution in [0, 0.1) is 25.2 Å². The number of rotatable bonds is 6. The first-order chi connectivity index (χ1) is 14.4. The molecule has 0 bridgehead atoms. The fourth-order valence-corrected chi connectivity index (χ4v) is 3.48. The molecular formula is C23H24N4O3. The maximum atomic E-state index is 12.3. The summed E-state index contributed by atoms with van der Waals surface area (Å²) >= 11 is 0. The van der Waals surface area contributed by atoms with E-state index in [1.807, 2.05) is 32.9 Å². The molecule has 0 amide bonds. The minimum atomic E-state index is -0.445. The molecule has 1 heterocycles. The number of aromatic nitrogens is 2. The van der Waals surface area contributed by atoms with E-state index >= 15 is 0 Å². The zero-order valence-electron chi connectivity index (χ0n) is 17.7. The van der Waals surface area contributed by atoms with Crippen molar-refractivity contribution in [3.8, 4) is 11.8 Å². The zero-order valence-corrected chi connectivity index (χ0v) is 17.7. The summed E-state index contributed by atoms with van der Waals surface area (Å²) < 4.78 is 10.6. The number of hydrogen-bond acceptors (Lipinski definition) is 7. The summed E-state index contributed by atoms with van der Waals surface area (Å²) in [7, 11) is 1.51. The van der Waals surface area contributed by atoms with Gasteiger partial charge < -0.3 is 14.8 Å². The first kappa shape index (κ1) is 21.1. The molecule has 1 atom stereocenters. The number of aryl methyl sites for hydroxylation is 1. The van der Waals surface area contributed by atoms with Crippen LogP contribution in [-0.2, 0) is 4.74 Å². The van der Waals surface area contributed by atoms with Gasteiger partial charge in [-0.3, -0.25) is 0 Å². The summed E-state index contributed by atoms with van der Waals surface area (Å²) in [5.74, 6) is 0.532. The number of carbonyl (C=O) groups excluding carboxylic acids is 1. The van der Waals surface area contributed by atoms with Crippen molar-refractivity contribution in [2.45, 2.75) is 33.7 Å². The normalized spacial score (nSPS) is 11.6. The van der Waals surface area contributed by atoms with Crippen molar-refractivity contribution >= 4 is 22.6 Å². The average Bonchev–Trinajstić information content (AvgIpc) is 2.75. The van der Waals surface area contributed by atoms with Gasteiger partial charge in [-0.2, -0.15) is 10.4 Å². The SMILES string of the molecule is CCOC(=O)c1cc2c(C)nnc(N[C@H](C)c3cccc(C#N)c3C)c2cc1OC. The summed E-state index contributed by atoms with van der Waals surface area (Å²) in [6.45, 7) is 7.80. The highest BCUT2D eigenvalue weighted by Crippen LogP contribution is 2.33. The summed E-state index contributed by atoms with van der Waals surface area (Å²) in [5, 5.41) is 22.9. The topological polar surface area (TPSA) is 97.1 Å². The molecule has 0 unspecified atom stereocenters. The predicted octanol–water partition coefficient (Wildman–Crippen LogP) is 4.48. The molecule has 7 nitrogen and oxygen atoms in total. The van der Waals surface area contributed by atoms with Crippen molar-refractivity contribution in [1.82, 2.24) is 10.2 Å². The van der Waals surface area contributed by atoms with Crippen LogP contribution in [0.4, 0.5) is 5.82 Å². The van der Waals surface area contributed by atoms with Crippen molar-refractivity contribution in [1.29, 1.82) is 5.26 Å². The highest BCUT2D eigenvalue weighted by atomic mass is 16.5. The maximum Gasteiger partial charge on any atom is 0.341 e. The molecule has 3 rings (SSSR count). The van der Waals surface area contributed by atoms with Crippen LogP contribution in [0.15, 0.2) is 30.3 Å². The average molecular weight is 404 g/mol. The fraction of sp³-hybridized carbons (Fsp3) is 0.304. The highest BCUT2D eigenvalue weighted by Gasteiger charge is 2.19. The van der Waals surface area contributed by atoms with Gasteiger partial charge in [0.1, 0.15) is 11.3 Å². The van der Waals surface area contributed by atoms with Crippen molar-refractivity contribution in [3.05, 3.63) is 58.3 Å². The molecule has 0 aliphatic heterocycles. The minimum absolute atomic E-state index is 0.116. The van der Waals surface area contributed by atoms with Crippen molar-refractivity contribution in [2.75, 3.05) is 19.0 Å². The summed E-state index contributed by atoms with van der Waals surface area (Å²) in [5.41, 5.74) is 3.60. The number of nitriles is 1. The Morgan fingerprint density at radius 2 is 2.00 bits per heavy atom. The van der Waals surface area contributed by atoms with Crippen molar-refractivity contribution in [2.24, 2.45) is 0 Å². The Kier molecular flexibility index (Phi) is 6.17. The van der Waals surface area contributed by atoms with Crippen LogP contribution in [0.25, 0.3) is 10.8 Å². The van der Waals surface area contributed by atoms with Gasteiger partial charge in [-0.1, -0.05) is 12.1 Å². The van der Waals surface area contributed by atoms with Crippen LogP contribution in [0.2, 0.25) is 0 Å². The van der Waals surface area contributed by atoms with Crippen LogP contribution in [0.1, 0.15) is 52.6 Å². The lowest BCUT2D eigenvalue weighted by molar-refractivity contribution is 0.0523. The lowest BCUT2D eigenvalue weighted by Gasteiger charge is -2.19. The van der Waals surface area contributed by atoms with E-state index in [0.717, 1.165) is 21.9 Å². The number of esters is 1. The Labute approximate surface area is 175 Å². The lowest BCUT2D eigenvalue weighted by Crippen LogP contribution is -2.12. The molecule has 7 heteroatoms. The summed E-state index contributed by atoms with van der Waals surface area (Å²) in [6.07, 6.45) is 0. The highest BCUT2D eigenvalue weighted by molar-refractivity contribution is 6.02. The van der Waals surface area contributed by atoms with Crippen LogP contribution in [-0.4, -0.2) is 29.9 Å². The number of benzene rings is 2. The number of anilines is 1. The fourth-order valence-electron chi connectivity index (χ4n) is 3.48. The van der Waals surface area contributed by atoms with Crippen molar-refractivity contribution in [3.63, 3.8) is 0 Å². The molecule has 2 aromatic carbocycles. The van der Waals surface area contributed by atoms with Gasteiger partial charge in [-0.15, -0.1) is 5.10 Å². The Hall–Kier alpha value is -3.66. The molecule has 0 saturated carbocycles.